The monoisotopic (exact) mass is 246 g/mol. The van der Waals surface area contributed by atoms with E-state index < -0.39 is 10.8 Å². The molecule has 1 aliphatic rings. The van der Waals surface area contributed by atoms with Crippen molar-refractivity contribution >= 4 is 10.8 Å². The Morgan fingerprint density at radius 2 is 2.06 bits per heavy atom. The number of likely N-dealkylation sites (N-methyl/N-ethyl adjacent to an activating group) is 1. The molecule has 1 atom stereocenters. The first-order valence-electron chi connectivity index (χ1n) is 6.42. The van der Waals surface area contributed by atoms with Gasteiger partial charge in [-0.25, -0.2) is 0 Å². The van der Waals surface area contributed by atoms with Gasteiger partial charge in [0, 0.05) is 47.5 Å². The molecule has 0 saturated carbocycles. The average Bonchev–Trinajstić information content (AvgIpc) is 2.30. The minimum absolute atomic E-state index is 0.534. The Balaban J connectivity index is 2.09. The van der Waals surface area contributed by atoms with E-state index in [0.717, 1.165) is 37.4 Å². The van der Waals surface area contributed by atoms with E-state index in [0.29, 0.717) is 12.1 Å². The van der Waals surface area contributed by atoms with Crippen LogP contribution in [0.1, 0.15) is 33.1 Å². The summed E-state index contributed by atoms with van der Waals surface area (Å²) in [6.07, 6.45) is 3.37. The standard InChI is InChI=1S/C12H26N2OS/c1-4-11(2)14(3)8-7-13-12-5-9-16(15)10-6-12/h11-13H,4-10H2,1-3H3. The predicted molar refractivity (Wildman–Crippen MR) is 71.3 cm³/mol. The zero-order valence-corrected chi connectivity index (χ0v) is 11.7. The fraction of sp³-hybridized carbons (Fsp3) is 1.00. The fourth-order valence-electron chi connectivity index (χ4n) is 1.98. The summed E-state index contributed by atoms with van der Waals surface area (Å²) in [5.74, 6) is 1.78. The van der Waals surface area contributed by atoms with Gasteiger partial charge in [0.15, 0.2) is 0 Å². The third-order valence-electron chi connectivity index (χ3n) is 3.63. The lowest BCUT2D eigenvalue weighted by atomic mass is 10.1. The van der Waals surface area contributed by atoms with Crippen molar-refractivity contribution in [1.82, 2.24) is 10.2 Å². The molecule has 1 rings (SSSR count). The van der Waals surface area contributed by atoms with Crippen LogP contribution in [-0.4, -0.2) is 52.8 Å². The van der Waals surface area contributed by atoms with Crippen molar-refractivity contribution in [3.63, 3.8) is 0 Å². The van der Waals surface area contributed by atoms with Gasteiger partial charge in [-0.05, 0) is 33.2 Å². The second-order valence-corrected chi connectivity index (χ2v) is 6.51. The van der Waals surface area contributed by atoms with E-state index in [1.54, 1.807) is 0 Å². The predicted octanol–water partition coefficient (Wildman–Crippen LogP) is 1.22. The van der Waals surface area contributed by atoms with Crippen LogP contribution < -0.4 is 5.32 Å². The molecule has 1 fully saturated rings. The highest BCUT2D eigenvalue weighted by Crippen LogP contribution is 2.08. The van der Waals surface area contributed by atoms with E-state index in [1.807, 2.05) is 0 Å². The SMILES string of the molecule is CCC(C)N(C)CCNC1CCS(=O)CC1. The quantitative estimate of drug-likeness (QED) is 0.765. The number of hydrogen-bond acceptors (Lipinski definition) is 3. The van der Waals surface area contributed by atoms with Gasteiger partial charge in [-0.15, -0.1) is 0 Å². The molecule has 3 nitrogen and oxygen atoms in total. The number of nitrogens with one attached hydrogen (secondary N) is 1. The maximum absolute atomic E-state index is 11.2. The number of hydrogen-bond donors (Lipinski definition) is 1. The van der Waals surface area contributed by atoms with Crippen molar-refractivity contribution in [2.24, 2.45) is 0 Å². The first-order chi connectivity index (χ1) is 7.63. The van der Waals surface area contributed by atoms with Crippen LogP contribution >= 0.6 is 0 Å². The molecule has 0 aromatic carbocycles. The van der Waals surface area contributed by atoms with Gasteiger partial charge in [0.2, 0.25) is 0 Å². The summed E-state index contributed by atoms with van der Waals surface area (Å²) in [6.45, 7) is 6.65. The Kier molecular flexibility index (Phi) is 6.54. The molecular weight excluding hydrogens is 220 g/mol. The molecule has 96 valence electrons. The summed E-state index contributed by atoms with van der Waals surface area (Å²) >= 11 is 0. The summed E-state index contributed by atoms with van der Waals surface area (Å²) in [6, 6.07) is 1.27. The van der Waals surface area contributed by atoms with E-state index >= 15 is 0 Å². The lowest BCUT2D eigenvalue weighted by Gasteiger charge is -2.26. The van der Waals surface area contributed by atoms with Gasteiger partial charge in [0.1, 0.15) is 0 Å². The van der Waals surface area contributed by atoms with E-state index in [4.69, 9.17) is 0 Å². The molecular formula is C12H26N2OS. The minimum atomic E-state index is -0.534. The van der Waals surface area contributed by atoms with Crippen molar-refractivity contribution in [2.45, 2.75) is 45.2 Å². The van der Waals surface area contributed by atoms with E-state index in [-0.39, 0.29) is 0 Å². The number of rotatable bonds is 6. The summed E-state index contributed by atoms with van der Waals surface area (Å²) < 4.78 is 11.2. The van der Waals surface area contributed by atoms with Crippen molar-refractivity contribution in [3.8, 4) is 0 Å². The molecule has 0 aliphatic carbocycles. The topological polar surface area (TPSA) is 32.3 Å². The smallest absolute Gasteiger partial charge is 0.0249 e. The molecule has 16 heavy (non-hydrogen) atoms. The lowest BCUT2D eigenvalue weighted by Crippen LogP contribution is -2.41. The normalized spacial score (nSPS) is 28.2. The maximum Gasteiger partial charge on any atom is 0.0249 e. The molecule has 1 saturated heterocycles. The second kappa shape index (κ2) is 7.41. The Hall–Kier alpha value is 0.0700. The van der Waals surface area contributed by atoms with Crippen molar-refractivity contribution in [1.29, 1.82) is 0 Å². The van der Waals surface area contributed by atoms with Gasteiger partial charge in [-0.2, -0.15) is 0 Å². The maximum atomic E-state index is 11.2. The zero-order chi connectivity index (χ0) is 12.0. The van der Waals surface area contributed by atoms with Crippen LogP contribution in [0, 0.1) is 0 Å². The van der Waals surface area contributed by atoms with Crippen LogP contribution in [0.25, 0.3) is 0 Å². The molecule has 0 bridgehead atoms. The van der Waals surface area contributed by atoms with Gasteiger partial charge in [-0.3, -0.25) is 4.21 Å². The first-order valence-corrected chi connectivity index (χ1v) is 7.91. The van der Waals surface area contributed by atoms with Crippen LogP contribution in [0.4, 0.5) is 0 Å². The van der Waals surface area contributed by atoms with E-state index in [1.165, 1.54) is 6.42 Å². The van der Waals surface area contributed by atoms with Gasteiger partial charge < -0.3 is 10.2 Å². The summed E-state index contributed by atoms with van der Waals surface area (Å²) in [4.78, 5) is 2.40. The van der Waals surface area contributed by atoms with Crippen molar-refractivity contribution in [2.75, 3.05) is 31.6 Å². The molecule has 4 heteroatoms. The van der Waals surface area contributed by atoms with Gasteiger partial charge >= 0.3 is 0 Å². The summed E-state index contributed by atoms with van der Waals surface area (Å²) in [7, 11) is 1.65. The second-order valence-electron chi connectivity index (χ2n) is 4.81. The van der Waals surface area contributed by atoms with Crippen LogP contribution in [-0.2, 0) is 10.8 Å². The molecule has 1 heterocycles. The Labute approximate surface area is 102 Å². The Bertz CT molecular complexity index is 213. The van der Waals surface area contributed by atoms with Crippen molar-refractivity contribution < 1.29 is 4.21 Å². The molecule has 1 N–H and O–H groups in total. The van der Waals surface area contributed by atoms with E-state index in [9.17, 15) is 4.21 Å². The van der Waals surface area contributed by atoms with Gasteiger partial charge in [0.25, 0.3) is 0 Å². The summed E-state index contributed by atoms with van der Waals surface area (Å²) in [5, 5.41) is 3.58. The fourth-order valence-corrected chi connectivity index (χ4v) is 3.27. The molecule has 0 aromatic rings. The Morgan fingerprint density at radius 1 is 1.44 bits per heavy atom. The van der Waals surface area contributed by atoms with Crippen LogP contribution in [0.5, 0.6) is 0 Å². The number of nitrogens with zero attached hydrogens (tertiary/aromatic N) is 1. The average molecular weight is 246 g/mol. The summed E-state index contributed by atoms with van der Waals surface area (Å²) in [5.41, 5.74) is 0. The van der Waals surface area contributed by atoms with Gasteiger partial charge in [0.05, 0.1) is 0 Å². The molecule has 0 amide bonds. The molecule has 0 radical (unpaired) electrons. The molecule has 0 spiro atoms. The molecule has 0 aromatic heterocycles. The minimum Gasteiger partial charge on any atom is -0.313 e. The highest BCUT2D eigenvalue weighted by Gasteiger charge is 2.17. The molecule has 1 aliphatic heterocycles. The Morgan fingerprint density at radius 3 is 2.62 bits per heavy atom. The van der Waals surface area contributed by atoms with Crippen LogP contribution in [0.15, 0.2) is 0 Å². The zero-order valence-electron chi connectivity index (χ0n) is 10.9. The van der Waals surface area contributed by atoms with Gasteiger partial charge in [-0.1, -0.05) is 6.92 Å². The van der Waals surface area contributed by atoms with Crippen LogP contribution in [0.3, 0.4) is 0 Å². The third kappa shape index (κ3) is 4.93. The largest absolute Gasteiger partial charge is 0.313 e. The highest BCUT2D eigenvalue weighted by atomic mass is 32.2. The van der Waals surface area contributed by atoms with Crippen molar-refractivity contribution in [3.05, 3.63) is 0 Å². The highest BCUT2D eigenvalue weighted by molar-refractivity contribution is 7.85. The lowest BCUT2D eigenvalue weighted by molar-refractivity contribution is 0.247. The third-order valence-corrected chi connectivity index (χ3v) is 5.01. The first kappa shape index (κ1) is 14.1. The molecule has 1 unspecified atom stereocenters. The van der Waals surface area contributed by atoms with Crippen LogP contribution in [0.2, 0.25) is 0 Å². The van der Waals surface area contributed by atoms with E-state index in [2.05, 4.69) is 31.1 Å².